The predicted octanol–water partition coefficient (Wildman–Crippen LogP) is 4.36. The van der Waals surface area contributed by atoms with Crippen molar-refractivity contribution in [3.63, 3.8) is 0 Å². The van der Waals surface area contributed by atoms with Gasteiger partial charge in [-0.25, -0.2) is 4.98 Å². The lowest BCUT2D eigenvalue weighted by Crippen LogP contribution is -2.29. The summed E-state index contributed by atoms with van der Waals surface area (Å²) >= 11 is 0. The monoisotopic (exact) mass is 359 g/mol. The van der Waals surface area contributed by atoms with E-state index in [1.165, 1.54) is 0 Å². The third-order valence-corrected chi connectivity index (χ3v) is 5.06. The van der Waals surface area contributed by atoms with Crippen molar-refractivity contribution in [3.8, 4) is 11.1 Å². The zero-order valence-electron chi connectivity index (χ0n) is 14.9. The molecule has 1 aliphatic rings. The van der Waals surface area contributed by atoms with Gasteiger partial charge in [-0.2, -0.15) is 5.10 Å². The second kappa shape index (κ2) is 6.89. The first kappa shape index (κ1) is 16.1. The second-order valence-electron chi connectivity index (χ2n) is 6.90. The van der Waals surface area contributed by atoms with Crippen LogP contribution in [-0.2, 0) is 0 Å². The maximum atomic E-state index is 5.79. The summed E-state index contributed by atoms with van der Waals surface area (Å²) < 4.78 is 7.88. The maximum Gasteiger partial charge on any atom is 0.199 e. The van der Waals surface area contributed by atoms with Crippen molar-refractivity contribution in [2.75, 3.05) is 18.4 Å². The molecule has 4 aromatic rings. The van der Waals surface area contributed by atoms with Crippen molar-refractivity contribution in [2.45, 2.75) is 18.9 Å². The van der Waals surface area contributed by atoms with Crippen LogP contribution in [-0.4, -0.2) is 27.9 Å². The fraction of sp³-hybridized carbons (Fsp3) is 0.238. The topological polar surface area (TPSA) is 67.9 Å². The summed E-state index contributed by atoms with van der Waals surface area (Å²) in [5.74, 6) is 1.44. The van der Waals surface area contributed by atoms with Gasteiger partial charge in [0.2, 0.25) is 0 Å². The fourth-order valence-corrected chi connectivity index (χ4v) is 3.57. The van der Waals surface area contributed by atoms with E-state index in [4.69, 9.17) is 4.42 Å². The Labute approximate surface area is 157 Å². The number of hydrogen-bond acceptors (Lipinski definition) is 5. The van der Waals surface area contributed by atoms with Gasteiger partial charge in [-0.05, 0) is 44.1 Å². The minimum atomic E-state index is 0.488. The van der Waals surface area contributed by atoms with Gasteiger partial charge < -0.3 is 15.1 Å². The highest BCUT2D eigenvalue weighted by molar-refractivity contribution is 5.81. The van der Waals surface area contributed by atoms with Crippen molar-refractivity contribution < 1.29 is 4.42 Å². The number of nitrogens with zero attached hydrogens (tertiary/aromatic N) is 3. The molecule has 0 amide bonds. The molecule has 1 fully saturated rings. The van der Waals surface area contributed by atoms with Crippen LogP contribution in [0, 0.1) is 0 Å². The van der Waals surface area contributed by atoms with Crippen molar-refractivity contribution in [3.05, 3.63) is 61.1 Å². The highest BCUT2D eigenvalue weighted by Gasteiger charge is 2.16. The van der Waals surface area contributed by atoms with Gasteiger partial charge in [-0.3, -0.25) is 4.68 Å². The molecular weight excluding hydrogens is 338 g/mol. The molecule has 1 aliphatic heterocycles. The van der Waals surface area contributed by atoms with Crippen molar-refractivity contribution in [2.24, 2.45) is 0 Å². The predicted molar refractivity (Wildman–Crippen MR) is 106 cm³/mol. The third-order valence-electron chi connectivity index (χ3n) is 5.06. The molecule has 136 valence electrons. The number of aromatic nitrogens is 3. The van der Waals surface area contributed by atoms with Crippen molar-refractivity contribution in [1.29, 1.82) is 0 Å². The number of furan rings is 1. The molecule has 6 heteroatoms. The standard InChI is InChI=1S/C21H21N5O/c1-2-4-19-15(3-1)11-21(27-19)25-20-6-5-16(12-23-20)17-13-24-26(14-17)18-7-9-22-10-8-18/h1-6,11-14,18,22H,7-10H2,(H,23,25). The normalized spacial score (nSPS) is 15.3. The second-order valence-corrected chi connectivity index (χ2v) is 6.90. The average molecular weight is 359 g/mol. The van der Waals surface area contributed by atoms with E-state index in [0.717, 1.165) is 53.8 Å². The van der Waals surface area contributed by atoms with E-state index in [1.807, 2.05) is 48.8 Å². The number of anilines is 2. The van der Waals surface area contributed by atoms with E-state index in [9.17, 15) is 0 Å². The Morgan fingerprint density at radius 1 is 1.04 bits per heavy atom. The number of benzene rings is 1. The van der Waals surface area contributed by atoms with E-state index in [2.05, 4.69) is 37.7 Å². The summed E-state index contributed by atoms with van der Waals surface area (Å²) in [6.45, 7) is 2.12. The molecule has 0 spiro atoms. The molecule has 0 atom stereocenters. The lowest BCUT2D eigenvalue weighted by atomic mass is 10.1. The van der Waals surface area contributed by atoms with E-state index >= 15 is 0 Å². The molecule has 0 unspecified atom stereocenters. The molecule has 4 heterocycles. The van der Waals surface area contributed by atoms with E-state index in [0.29, 0.717) is 11.9 Å². The number of hydrogen-bond donors (Lipinski definition) is 2. The lowest BCUT2D eigenvalue weighted by molar-refractivity contribution is 0.343. The summed E-state index contributed by atoms with van der Waals surface area (Å²) in [7, 11) is 0. The van der Waals surface area contributed by atoms with Crippen LogP contribution in [0.15, 0.2) is 65.5 Å². The molecule has 0 saturated carbocycles. The number of pyridine rings is 1. The molecule has 0 bridgehead atoms. The summed E-state index contributed by atoms with van der Waals surface area (Å²) in [5, 5.41) is 12.2. The van der Waals surface area contributed by atoms with Gasteiger partial charge >= 0.3 is 0 Å². The van der Waals surface area contributed by atoms with Crippen LogP contribution in [0.2, 0.25) is 0 Å². The molecule has 0 aliphatic carbocycles. The molecule has 1 saturated heterocycles. The van der Waals surface area contributed by atoms with Gasteiger partial charge in [0.1, 0.15) is 11.4 Å². The Balaban J connectivity index is 1.32. The number of rotatable bonds is 4. The smallest absolute Gasteiger partial charge is 0.199 e. The zero-order chi connectivity index (χ0) is 18.1. The molecule has 5 rings (SSSR count). The van der Waals surface area contributed by atoms with Crippen LogP contribution in [0.5, 0.6) is 0 Å². The zero-order valence-corrected chi connectivity index (χ0v) is 14.9. The van der Waals surface area contributed by atoms with E-state index in [1.54, 1.807) is 0 Å². The van der Waals surface area contributed by atoms with Crippen LogP contribution < -0.4 is 10.6 Å². The largest absolute Gasteiger partial charge is 0.440 e. The van der Waals surface area contributed by atoms with E-state index < -0.39 is 0 Å². The summed E-state index contributed by atoms with van der Waals surface area (Å²) in [6, 6.07) is 14.4. The molecule has 27 heavy (non-hydrogen) atoms. The van der Waals surface area contributed by atoms with Crippen molar-refractivity contribution >= 4 is 22.7 Å². The number of fused-ring (bicyclic) bond motifs is 1. The Hall–Kier alpha value is -3.12. The first-order valence-electron chi connectivity index (χ1n) is 9.32. The molecule has 6 nitrogen and oxygen atoms in total. The first-order valence-corrected chi connectivity index (χ1v) is 9.32. The Kier molecular flexibility index (Phi) is 4.10. The van der Waals surface area contributed by atoms with Crippen molar-refractivity contribution in [1.82, 2.24) is 20.1 Å². The molecule has 3 aromatic heterocycles. The van der Waals surface area contributed by atoms with Gasteiger partial charge in [0.25, 0.3) is 0 Å². The van der Waals surface area contributed by atoms with Crippen LogP contribution in [0.3, 0.4) is 0 Å². The summed E-state index contributed by atoms with van der Waals surface area (Å²) in [4.78, 5) is 4.52. The van der Waals surface area contributed by atoms with Crippen LogP contribution in [0.25, 0.3) is 22.1 Å². The van der Waals surface area contributed by atoms with Crippen LogP contribution in [0.1, 0.15) is 18.9 Å². The van der Waals surface area contributed by atoms with Gasteiger partial charge in [-0.1, -0.05) is 18.2 Å². The van der Waals surface area contributed by atoms with Crippen LogP contribution in [0.4, 0.5) is 11.7 Å². The number of piperidine rings is 1. The molecule has 1 aromatic carbocycles. The Morgan fingerprint density at radius 3 is 2.74 bits per heavy atom. The van der Waals surface area contributed by atoms with Gasteiger partial charge in [0.15, 0.2) is 5.88 Å². The summed E-state index contributed by atoms with van der Waals surface area (Å²) in [6.07, 6.45) is 8.17. The first-order chi connectivity index (χ1) is 13.3. The fourth-order valence-electron chi connectivity index (χ4n) is 3.57. The summed E-state index contributed by atoms with van der Waals surface area (Å²) in [5.41, 5.74) is 3.02. The molecular formula is C21H21N5O. The Morgan fingerprint density at radius 2 is 1.93 bits per heavy atom. The highest BCUT2D eigenvalue weighted by Crippen LogP contribution is 2.27. The highest BCUT2D eigenvalue weighted by atomic mass is 16.3. The quantitative estimate of drug-likeness (QED) is 0.567. The number of nitrogens with one attached hydrogen (secondary N) is 2. The van der Waals surface area contributed by atoms with Crippen LogP contribution >= 0.6 is 0 Å². The number of para-hydroxylation sites is 1. The SMILES string of the molecule is c1ccc2oc(Nc3ccc(-c4cnn(C5CCNCC5)c4)cn3)cc2c1. The Bertz CT molecular complexity index is 1010. The maximum absolute atomic E-state index is 5.79. The molecule has 0 radical (unpaired) electrons. The molecule has 2 N–H and O–H groups in total. The average Bonchev–Trinajstić information content (AvgIpc) is 3.36. The van der Waals surface area contributed by atoms with Gasteiger partial charge in [0.05, 0.1) is 12.2 Å². The third kappa shape index (κ3) is 3.31. The minimum absolute atomic E-state index is 0.488. The van der Waals surface area contributed by atoms with E-state index in [-0.39, 0.29) is 0 Å². The van der Waals surface area contributed by atoms with Gasteiger partial charge in [-0.15, -0.1) is 0 Å². The minimum Gasteiger partial charge on any atom is -0.440 e. The van der Waals surface area contributed by atoms with Gasteiger partial charge in [0, 0.05) is 35.0 Å². The lowest BCUT2D eigenvalue weighted by Gasteiger charge is -2.22.